The summed E-state index contributed by atoms with van der Waals surface area (Å²) in [6, 6.07) is 14.2. The van der Waals surface area contributed by atoms with Crippen LogP contribution in [0.1, 0.15) is 35.6 Å². The zero-order valence-corrected chi connectivity index (χ0v) is 16.1. The first kappa shape index (κ1) is 20.3. The number of hydrogen-bond donors (Lipinski definition) is 1. The maximum atomic E-state index is 13.3. The first-order valence-electron chi connectivity index (χ1n) is 9.81. The highest BCUT2D eigenvalue weighted by molar-refractivity contribution is 5.79. The van der Waals surface area contributed by atoms with Gasteiger partial charge in [-0.25, -0.2) is 0 Å². The SMILES string of the molecule is O=C(O)C1CCCN(C(c2cccc(C(F)(F)F)c2)c2cnc3ccccc3c2)C1. The third kappa shape index (κ3) is 4.16. The largest absolute Gasteiger partial charge is 0.481 e. The summed E-state index contributed by atoms with van der Waals surface area (Å²) < 4.78 is 40.0. The minimum Gasteiger partial charge on any atom is -0.481 e. The van der Waals surface area contributed by atoms with E-state index < -0.39 is 29.7 Å². The number of carboxylic acid groups (broad SMARTS) is 1. The molecule has 0 saturated carbocycles. The van der Waals surface area contributed by atoms with E-state index in [0.717, 1.165) is 28.6 Å². The predicted molar refractivity (Wildman–Crippen MR) is 107 cm³/mol. The van der Waals surface area contributed by atoms with E-state index in [2.05, 4.69) is 4.98 Å². The van der Waals surface area contributed by atoms with Gasteiger partial charge in [-0.3, -0.25) is 14.7 Å². The first-order valence-corrected chi connectivity index (χ1v) is 9.81. The number of benzene rings is 2. The number of pyridine rings is 1. The van der Waals surface area contributed by atoms with Crippen LogP contribution in [0.4, 0.5) is 13.2 Å². The molecule has 0 aliphatic carbocycles. The van der Waals surface area contributed by atoms with Gasteiger partial charge >= 0.3 is 12.1 Å². The molecular formula is C23H21F3N2O2. The lowest BCUT2D eigenvalue weighted by atomic mass is 9.91. The van der Waals surface area contributed by atoms with Crippen molar-refractivity contribution in [2.45, 2.75) is 25.1 Å². The van der Waals surface area contributed by atoms with Crippen molar-refractivity contribution >= 4 is 16.9 Å². The summed E-state index contributed by atoms with van der Waals surface area (Å²) in [4.78, 5) is 18.0. The molecule has 1 N–H and O–H groups in total. The number of hydrogen-bond acceptors (Lipinski definition) is 3. The molecule has 1 fully saturated rings. The van der Waals surface area contributed by atoms with Crippen LogP contribution >= 0.6 is 0 Å². The predicted octanol–water partition coefficient (Wildman–Crippen LogP) is 5.14. The number of halogens is 3. The summed E-state index contributed by atoms with van der Waals surface area (Å²) in [7, 11) is 0. The van der Waals surface area contributed by atoms with Gasteiger partial charge < -0.3 is 5.11 Å². The Morgan fingerprint density at radius 1 is 1.10 bits per heavy atom. The summed E-state index contributed by atoms with van der Waals surface area (Å²) in [6.07, 6.45) is -1.53. The Bertz CT molecular complexity index is 1070. The monoisotopic (exact) mass is 414 g/mol. The van der Waals surface area contributed by atoms with Crippen molar-refractivity contribution in [1.82, 2.24) is 9.88 Å². The molecule has 0 radical (unpaired) electrons. The van der Waals surface area contributed by atoms with Crippen LogP contribution < -0.4 is 0 Å². The van der Waals surface area contributed by atoms with Crippen molar-refractivity contribution < 1.29 is 23.1 Å². The van der Waals surface area contributed by atoms with Gasteiger partial charge in [0.1, 0.15) is 0 Å². The molecule has 0 bridgehead atoms. The Balaban J connectivity index is 1.81. The normalized spacial score (nSPS) is 19.0. The van der Waals surface area contributed by atoms with E-state index in [9.17, 15) is 23.1 Å². The fourth-order valence-electron chi connectivity index (χ4n) is 4.18. The molecule has 7 heteroatoms. The molecule has 2 unspecified atom stereocenters. The Morgan fingerprint density at radius 2 is 1.90 bits per heavy atom. The van der Waals surface area contributed by atoms with E-state index in [4.69, 9.17) is 0 Å². The summed E-state index contributed by atoms with van der Waals surface area (Å²) in [6.45, 7) is 0.889. The molecule has 4 nitrogen and oxygen atoms in total. The molecule has 1 aromatic heterocycles. The van der Waals surface area contributed by atoms with Gasteiger partial charge in [0.05, 0.1) is 23.0 Å². The van der Waals surface area contributed by atoms with E-state index in [-0.39, 0.29) is 6.54 Å². The van der Waals surface area contributed by atoms with Crippen LogP contribution in [-0.4, -0.2) is 34.0 Å². The summed E-state index contributed by atoms with van der Waals surface area (Å²) >= 11 is 0. The molecule has 4 rings (SSSR count). The molecule has 1 saturated heterocycles. The highest BCUT2D eigenvalue weighted by atomic mass is 19.4. The molecule has 156 valence electrons. The molecule has 2 heterocycles. The van der Waals surface area contributed by atoms with Crippen molar-refractivity contribution in [1.29, 1.82) is 0 Å². The first-order chi connectivity index (χ1) is 14.3. The topological polar surface area (TPSA) is 53.4 Å². The molecule has 2 aromatic carbocycles. The maximum Gasteiger partial charge on any atom is 0.416 e. The molecule has 30 heavy (non-hydrogen) atoms. The number of piperidine rings is 1. The van der Waals surface area contributed by atoms with Gasteiger partial charge in [-0.1, -0.05) is 30.3 Å². The average molecular weight is 414 g/mol. The van der Waals surface area contributed by atoms with Gasteiger partial charge in [-0.15, -0.1) is 0 Å². The van der Waals surface area contributed by atoms with Gasteiger partial charge in [0, 0.05) is 18.1 Å². The molecule has 2 atom stereocenters. The second-order valence-corrected chi connectivity index (χ2v) is 7.66. The highest BCUT2D eigenvalue weighted by Gasteiger charge is 2.34. The van der Waals surface area contributed by atoms with Gasteiger partial charge in [-0.2, -0.15) is 13.2 Å². The van der Waals surface area contributed by atoms with Crippen LogP contribution in [0.15, 0.2) is 60.8 Å². The lowest BCUT2D eigenvalue weighted by Crippen LogP contribution is -2.41. The van der Waals surface area contributed by atoms with Crippen LogP contribution in [0.25, 0.3) is 10.9 Å². The maximum absolute atomic E-state index is 13.3. The second-order valence-electron chi connectivity index (χ2n) is 7.66. The Kier molecular flexibility index (Phi) is 5.47. The van der Waals surface area contributed by atoms with Gasteiger partial charge in [-0.05, 0) is 54.8 Å². The fraction of sp³-hybridized carbons (Fsp3) is 0.304. The fourth-order valence-corrected chi connectivity index (χ4v) is 4.18. The van der Waals surface area contributed by atoms with E-state index >= 15 is 0 Å². The van der Waals surface area contributed by atoms with E-state index in [0.29, 0.717) is 24.9 Å². The number of carboxylic acids is 1. The number of fused-ring (bicyclic) bond motifs is 1. The third-order valence-electron chi connectivity index (χ3n) is 5.62. The standard InChI is InChI=1S/C23H21F3N2O2/c24-23(25,26)19-8-3-6-16(12-19)21(28-10-4-7-17(14-28)22(29)30)18-11-15-5-1-2-9-20(15)27-13-18/h1-3,5-6,8-9,11-13,17,21H,4,7,10,14H2,(H,29,30). The number of aliphatic carboxylic acids is 1. The number of rotatable bonds is 4. The van der Waals surface area contributed by atoms with Gasteiger partial charge in [0.2, 0.25) is 0 Å². The molecule has 0 spiro atoms. The van der Waals surface area contributed by atoms with Crippen LogP contribution in [-0.2, 0) is 11.0 Å². The molecular weight excluding hydrogens is 393 g/mol. The lowest BCUT2D eigenvalue weighted by Gasteiger charge is -2.37. The van der Waals surface area contributed by atoms with Crippen molar-refractivity contribution in [2.24, 2.45) is 5.92 Å². The molecule has 0 amide bonds. The van der Waals surface area contributed by atoms with Crippen LogP contribution in [0, 0.1) is 5.92 Å². The number of nitrogens with zero attached hydrogens (tertiary/aromatic N) is 2. The highest BCUT2D eigenvalue weighted by Crippen LogP contribution is 2.36. The Labute approximate surface area is 172 Å². The number of aromatic nitrogens is 1. The van der Waals surface area contributed by atoms with Crippen molar-refractivity contribution in [3.63, 3.8) is 0 Å². The quantitative estimate of drug-likeness (QED) is 0.642. The van der Waals surface area contributed by atoms with E-state index in [1.165, 1.54) is 6.07 Å². The lowest BCUT2D eigenvalue weighted by molar-refractivity contribution is -0.143. The summed E-state index contributed by atoms with van der Waals surface area (Å²) in [5.41, 5.74) is 1.31. The van der Waals surface area contributed by atoms with Gasteiger partial charge in [0.25, 0.3) is 0 Å². The minimum absolute atomic E-state index is 0.281. The zero-order chi connectivity index (χ0) is 21.3. The number of likely N-dealkylation sites (tertiary alicyclic amines) is 1. The average Bonchev–Trinajstić information content (AvgIpc) is 2.74. The minimum atomic E-state index is -4.45. The van der Waals surface area contributed by atoms with E-state index in [1.54, 1.807) is 12.3 Å². The van der Waals surface area contributed by atoms with Crippen LogP contribution in [0.3, 0.4) is 0 Å². The molecule has 3 aromatic rings. The number of para-hydroxylation sites is 1. The Morgan fingerprint density at radius 3 is 2.67 bits per heavy atom. The van der Waals surface area contributed by atoms with Crippen LogP contribution in [0.5, 0.6) is 0 Å². The zero-order valence-electron chi connectivity index (χ0n) is 16.1. The van der Waals surface area contributed by atoms with Gasteiger partial charge in [0.15, 0.2) is 0 Å². The van der Waals surface area contributed by atoms with Crippen LogP contribution in [0.2, 0.25) is 0 Å². The smallest absolute Gasteiger partial charge is 0.416 e. The third-order valence-corrected chi connectivity index (χ3v) is 5.62. The molecule has 1 aliphatic rings. The van der Waals surface area contributed by atoms with Crippen molar-refractivity contribution in [3.8, 4) is 0 Å². The summed E-state index contributed by atoms with van der Waals surface area (Å²) in [5.74, 6) is -1.42. The van der Waals surface area contributed by atoms with Crippen molar-refractivity contribution in [3.05, 3.63) is 77.5 Å². The van der Waals surface area contributed by atoms with Crippen molar-refractivity contribution in [2.75, 3.05) is 13.1 Å². The number of alkyl halides is 3. The Hall–Kier alpha value is -2.93. The number of carbonyl (C=O) groups is 1. The summed E-state index contributed by atoms with van der Waals surface area (Å²) in [5, 5.41) is 10.4. The second kappa shape index (κ2) is 8.07. The molecule has 1 aliphatic heterocycles. The van der Waals surface area contributed by atoms with E-state index in [1.807, 2.05) is 35.2 Å².